The van der Waals surface area contributed by atoms with Crippen molar-refractivity contribution in [2.24, 2.45) is 7.05 Å². The second-order valence-electron chi connectivity index (χ2n) is 5.66. The first-order valence-electron chi connectivity index (χ1n) is 7.63. The summed E-state index contributed by atoms with van der Waals surface area (Å²) in [7, 11) is 1.64. The van der Waals surface area contributed by atoms with Gasteiger partial charge in [0.05, 0.1) is 16.4 Å². The number of nitrogens with one attached hydrogen (secondary N) is 2. The minimum Gasteiger partial charge on any atom is -0.467 e. The van der Waals surface area contributed by atoms with E-state index in [0.717, 1.165) is 5.52 Å². The Balaban J connectivity index is 1.64. The third-order valence-corrected chi connectivity index (χ3v) is 3.77. The maximum absolute atomic E-state index is 12.4. The van der Waals surface area contributed by atoms with Gasteiger partial charge in [-0.25, -0.2) is 0 Å². The Hall–Kier alpha value is -3.30. The topological polar surface area (TPSA) is 80.6 Å². The summed E-state index contributed by atoms with van der Waals surface area (Å²) >= 11 is 0. The number of benzene rings is 1. The summed E-state index contributed by atoms with van der Waals surface area (Å²) in [6, 6.07) is 8.78. The number of aryl methyl sites for hydroxylation is 1. The van der Waals surface area contributed by atoms with Gasteiger partial charge in [-0.05, 0) is 30.3 Å². The maximum Gasteiger partial charge on any atom is 0.422 e. The van der Waals surface area contributed by atoms with Gasteiger partial charge in [0.25, 0.3) is 0 Å². The summed E-state index contributed by atoms with van der Waals surface area (Å²) in [5, 5.41) is 14.7. The molecule has 0 radical (unpaired) electrons. The van der Waals surface area contributed by atoms with Crippen molar-refractivity contribution in [3.8, 4) is 5.88 Å². The summed E-state index contributed by atoms with van der Waals surface area (Å²) in [6.45, 7) is -1.38. The molecule has 0 atom stereocenters. The Labute approximate surface area is 144 Å². The van der Waals surface area contributed by atoms with Crippen LogP contribution in [-0.2, 0) is 7.05 Å². The highest BCUT2D eigenvalue weighted by molar-refractivity contribution is 5.91. The minimum absolute atomic E-state index is 0.0572. The Kier molecular flexibility index (Phi) is 3.67. The smallest absolute Gasteiger partial charge is 0.422 e. The standard InChI is InChI=1S/C16H13F3N6O/c1-25-12-7-9(21-14-13-11(22-23-14)3-2-6-20-13)4-5-10(12)15(24-25)26-8-16(17,18)19/h2-7H,8H2,1H3,(H2,21,22,23). The molecule has 4 rings (SSSR count). The lowest BCUT2D eigenvalue weighted by Crippen LogP contribution is -2.19. The Morgan fingerprint density at radius 3 is 2.92 bits per heavy atom. The summed E-state index contributed by atoms with van der Waals surface area (Å²) in [5.41, 5.74) is 2.80. The molecule has 0 aliphatic rings. The highest BCUT2D eigenvalue weighted by Crippen LogP contribution is 2.30. The largest absolute Gasteiger partial charge is 0.467 e. The van der Waals surface area contributed by atoms with Crippen molar-refractivity contribution in [2.45, 2.75) is 6.18 Å². The molecule has 4 aromatic rings. The van der Waals surface area contributed by atoms with Gasteiger partial charge in [-0.1, -0.05) is 0 Å². The average molecular weight is 362 g/mol. The number of fused-ring (bicyclic) bond motifs is 2. The quantitative estimate of drug-likeness (QED) is 0.581. The third-order valence-electron chi connectivity index (χ3n) is 3.77. The maximum atomic E-state index is 12.4. The molecule has 0 saturated carbocycles. The van der Waals surface area contributed by atoms with Crippen LogP contribution in [0.4, 0.5) is 24.7 Å². The molecule has 0 aliphatic carbocycles. The molecule has 0 spiro atoms. The molecule has 26 heavy (non-hydrogen) atoms. The predicted octanol–water partition coefficient (Wildman–Crippen LogP) is 3.53. The van der Waals surface area contributed by atoms with Gasteiger partial charge in [-0.3, -0.25) is 14.8 Å². The normalized spacial score (nSPS) is 12.0. The van der Waals surface area contributed by atoms with Crippen LogP contribution in [0.2, 0.25) is 0 Å². The molecule has 0 amide bonds. The van der Waals surface area contributed by atoms with E-state index in [9.17, 15) is 13.2 Å². The zero-order chi connectivity index (χ0) is 18.3. The van der Waals surface area contributed by atoms with Crippen LogP contribution in [0.25, 0.3) is 21.9 Å². The van der Waals surface area contributed by atoms with Crippen LogP contribution in [0.1, 0.15) is 0 Å². The number of pyridine rings is 1. The van der Waals surface area contributed by atoms with Crippen LogP contribution < -0.4 is 10.1 Å². The van der Waals surface area contributed by atoms with Gasteiger partial charge in [0.15, 0.2) is 12.4 Å². The molecule has 3 heterocycles. The number of alkyl halides is 3. The first kappa shape index (κ1) is 16.2. The second kappa shape index (κ2) is 5.90. The van der Waals surface area contributed by atoms with E-state index in [1.165, 1.54) is 4.68 Å². The van der Waals surface area contributed by atoms with E-state index in [2.05, 4.69) is 25.6 Å². The van der Waals surface area contributed by atoms with Crippen molar-refractivity contribution in [3.63, 3.8) is 0 Å². The fraction of sp³-hybridized carbons (Fsp3) is 0.188. The molecule has 0 unspecified atom stereocenters. The number of H-pyrrole nitrogens is 1. The summed E-state index contributed by atoms with van der Waals surface area (Å²) in [6.07, 6.45) is -2.75. The molecule has 134 valence electrons. The van der Waals surface area contributed by atoms with Crippen molar-refractivity contribution in [1.29, 1.82) is 0 Å². The van der Waals surface area contributed by atoms with Crippen molar-refractivity contribution in [3.05, 3.63) is 36.5 Å². The fourth-order valence-corrected chi connectivity index (χ4v) is 2.64. The molecular formula is C16H13F3N6O. The zero-order valence-corrected chi connectivity index (χ0v) is 13.5. The van der Waals surface area contributed by atoms with E-state index in [-0.39, 0.29) is 5.88 Å². The van der Waals surface area contributed by atoms with Gasteiger partial charge in [-0.2, -0.15) is 18.3 Å². The molecular weight excluding hydrogens is 349 g/mol. The van der Waals surface area contributed by atoms with E-state index < -0.39 is 12.8 Å². The Morgan fingerprint density at radius 2 is 2.12 bits per heavy atom. The molecule has 0 fully saturated rings. The van der Waals surface area contributed by atoms with E-state index in [1.54, 1.807) is 37.5 Å². The lowest BCUT2D eigenvalue weighted by atomic mass is 10.2. The van der Waals surface area contributed by atoms with Crippen molar-refractivity contribution < 1.29 is 17.9 Å². The number of halogens is 3. The van der Waals surface area contributed by atoms with Gasteiger partial charge in [0.2, 0.25) is 5.88 Å². The van der Waals surface area contributed by atoms with E-state index in [1.807, 2.05) is 6.07 Å². The number of aromatic amines is 1. The zero-order valence-electron chi connectivity index (χ0n) is 13.5. The minimum atomic E-state index is -4.42. The molecule has 2 N–H and O–H groups in total. The number of hydrogen-bond donors (Lipinski definition) is 2. The van der Waals surface area contributed by atoms with Crippen LogP contribution >= 0.6 is 0 Å². The van der Waals surface area contributed by atoms with Gasteiger partial charge >= 0.3 is 6.18 Å². The van der Waals surface area contributed by atoms with Crippen LogP contribution in [0, 0.1) is 0 Å². The van der Waals surface area contributed by atoms with Crippen LogP contribution in [-0.4, -0.2) is 37.7 Å². The molecule has 10 heteroatoms. The van der Waals surface area contributed by atoms with Gasteiger partial charge < -0.3 is 10.1 Å². The second-order valence-corrected chi connectivity index (χ2v) is 5.66. The molecule has 0 aliphatic heterocycles. The lowest BCUT2D eigenvalue weighted by molar-refractivity contribution is -0.153. The van der Waals surface area contributed by atoms with E-state index in [0.29, 0.717) is 27.9 Å². The lowest BCUT2D eigenvalue weighted by Gasteiger charge is -2.07. The van der Waals surface area contributed by atoms with Crippen molar-refractivity contribution >= 4 is 33.4 Å². The number of rotatable bonds is 4. The average Bonchev–Trinajstić information content (AvgIpc) is 3.14. The van der Waals surface area contributed by atoms with Gasteiger partial charge in [0, 0.05) is 18.9 Å². The molecule has 1 aromatic carbocycles. The highest BCUT2D eigenvalue weighted by atomic mass is 19.4. The summed E-state index contributed by atoms with van der Waals surface area (Å²) in [5.74, 6) is 0.494. The number of hydrogen-bond acceptors (Lipinski definition) is 5. The van der Waals surface area contributed by atoms with Crippen molar-refractivity contribution in [1.82, 2.24) is 25.0 Å². The monoisotopic (exact) mass is 362 g/mol. The fourth-order valence-electron chi connectivity index (χ4n) is 2.64. The predicted molar refractivity (Wildman–Crippen MR) is 89.4 cm³/mol. The number of nitrogens with zero attached hydrogens (tertiary/aromatic N) is 4. The SMILES string of the molecule is Cn1nc(OCC(F)(F)F)c2ccc(Nc3n[nH]c4cccnc34)cc21. The first-order chi connectivity index (χ1) is 12.4. The number of anilines is 2. The third kappa shape index (κ3) is 3.01. The van der Waals surface area contributed by atoms with E-state index >= 15 is 0 Å². The first-order valence-corrected chi connectivity index (χ1v) is 7.63. The summed E-state index contributed by atoms with van der Waals surface area (Å²) in [4.78, 5) is 4.27. The van der Waals surface area contributed by atoms with Crippen molar-refractivity contribution in [2.75, 3.05) is 11.9 Å². The number of ether oxygens (including phenoxy) is 1. The Bertz CT molecular complexity index is 1080. The molecule has 0 bridgehead atoms. The van der Waals surface area contributed by atoms with E-state index in [4.69, 9.17) is 4.74 Å². The van der Waals surface area contributed by atoms with Gasteiger partial charge in [-0.15, -0.1) is 5.10 Å². The molecule has 3 aromatic heterocycles. The molecule has 7 nitrogen and oxygen atoms in total. The summed E-state index contributed by atoms with van der Waals surface area (Å²) < 4.78 is 43.4. The van der Waals surface area contributed by atoms with Crippen LogP contribution in [0.15, 0.2) is 36.5 Å². The molecule has 0 saturated heterocycles. The van der Waals surface area contributed by atoms with Crippen LogP contribution in [0.5, 0.6) is 5.88 Å². The highest BCUT2D eigenvalue weighted by Gasteiger charge is 2.29. The van der Waals surface area contributed by atoms with Crippen LogP contribution in [0.3, 0.4) is 0 Å². The number of aromatic nitrogens is 5. The van der Waals surface area contributed by atoms with Gasteiger partial charge in [0.1, 0.15) is 5.52 Å². The Morgan fingerprint density at radius 1 is 1.27 bits per heavy atom.